The van der Waals surface area contributed by atoms with Gasteiger partial charge in [-0.25, -0.2) is 13.2 Å². The Kier molecular flexibility index (Phi) is 7.83. The van der Waals surface area contributed by atoms with Crippen molar-refractivity contribution in [2.45, 2.75) is 13.0 Å². The molecule has 0 amide bonds. The van der Waals surface area contributed by atoms with E-state index in [1.807, 2.05) is 4.90 Å². The SMILES string of the molecule is Cc1ccc(C(=O)c2ccc(=O)n(-c3c(F)cc(OCCN4CCNC(C(=O)O)C4)cc3F)c2N)c(F)c1. The molecule has 1 unspecified atom stereocenters. The Balaban J connectivity index is 1.56. The lowest BCUT2D eigenvalue weighted by Gasteiger charge is -2.31. The van der Waals surface area contributed by atoms with Crippen molar-refractivity contribution < 1.29 is 32.6 Å². The number of nitrogen functional groups attached to an aromatic ring is 1. The Morgan fingerprint density at radius 3 is 2.42 bits per heavy atom. The topological polar surface area (TPSA) is 127 Å². The normalized spacial score (nSPS) is 15.8. The van der Waals surface area contributed by atoms with Crippen LogP contribution < -0.4 is 21.3 Å². The van der Waals surface area contributed by atoms with Crippen molar-refractivity contribution in [3.63, 3.8) is 0 Å². The fourth-order valence-corrected chi connectivity index (χ4v) is 4.24. The Labute approximate surface area is 215 Å². The lowest BCUT2D eigenvalue weighted by atomic mass is 10.0. The maximum atomic E-state index is 15.1. The quantitative estimate of drug-likeness (QED) is 0.378. The molecule has 12 heteroatoms. The van der Waals surface area contributed by atoms with Gasteiger partial charge >= 0.3 is 5.97 Å². The predicted molar refractivity (Wildman–Crippen MR) is 132 cm³/mol. The fraction of sp³-hybridized carbons (Fsp3) is 0.269. The molecule has 0 saturated carbocycles. The molecule has 1 fully saturated rings. The summed E-state index contributed by atoms with van der Waals surface area (Å²) in [5.74, 6) is -5.69. The largest absolute Gasteiger partial charge is 0.492 e. The first-order valence-electron chi connectivity index (χ1n) is 11.7. The minimum absolute atomic E-state index is 0.0265. The Morgan fingerprint density at radius 2 is 1.76 bits per heavy atom. The van der Waals surface area contributed by atoms with Crippen LogP contribution in [0.4, 0.5) is 19.0 Å². The van der Waals surface area contributed by atoms with Crippen LogP contribution in [-0.2, 0) is 4.79 Å². The van der Waals surface area contributed by atoms with Gasteiger partial charge in [0.05, 0.1) is 11.1 Å². The monoisotopic (exact) mass is 530 g/mol. The standard InChI is InChI=1S/C26H25F3N4O5/c1-14-2-3-16(18(27)10-14)24(35)17-4-5-22(34)33(25(17)30)23-19(28)11-15(12-20(23)29)38-9-8-32-7-6-31-21(13-32)26(36)37/h2-5,10-12,21,31H,6-9,13,30H2,1H3,(H,36,37). The highest BCUT2D eigenvalue weighted by Gasteiger charge is 2.25. The van der Waals surface area contributed by atoms with Gasteiger partial charge < -0.3 is 20.9 Å². The highest BCUT2D eigenvalue weighted by Crippen LogP contribution is 2.27. The van der Waals surface area contributed by atoms with Gasteiger partial charge in [-0.1, -0.05) is 6.07 Å². The van der Waals surface area contributed by atoms with Crippen LogP contribution >= 0.6 is 0 Å². The van der Waals surface area contributed by atoms with Gasteiger partial charge in [-0.15, -0.1) is 0 Å². The van der Waals surface area contributed by atoms with E-state index in [0.29, 0.717) is 29.8 Å². The number of rotatable bonds is 8. The van der Waals surface area contributed by atoms with Crippen molar-refractivity contribution in [1.82, 2.24) is 14.8 Å². The first kappa shape index (κ1) is 26.9. The fourth-order valence-electron chi connectivity index (χ4n) is 4.24. The minimum atomic E-state index is -1.17. The number of piperazine rings is 1. The zero-order valence-electron chi connectivity index (χ0n) is 20.3. The van der Waals surface area contributed by atoms with Gasteiger partial charge in [0, 0.05) is 44.4 Å². The number of halogens is 3. The summed E-state index contributed by atoms with van der Waals surface area (Å²) in [6.07, 6.45) is 0. The van der Waals surface area contributed by atoms with Crippen molar-refractivity contribution in [2.24, 2.45) is 0 Å². The first-order valence-corrected chi connectivity index (χ1v) is 11.7. The van der Waals surface area contributed by atoms with Crippen LogP contribution in [0.25, 0.3) is 5.69 Å². The zero-order chi connectivity index (χ0) is 27.6. The van der Waals surface area contributed by atoms with Gasteiger partial charge in [-0.05, 0) is 30.7 Å². The van der Waals surface area contributed by atoms with E-state index < -0.39 is 52.3 Å². The number of carbonyl (C=O) groups is 2. The van der Waals surface area contributed by atoms with E-state index in [1.54, 1.807) is 6.92 Å². The number of pyridine rings is 1. The number of carbonyl (C=O) groups excluding carboxylic acids is 1. The molecule has 1 aliphatic rings. The Morgan fingerprint density at radius 1 is 1.08 bits per heavy atom. The lowest BCUT2D eigenvalue weighted by Crippen LogP contribution is -2.54. The van der Waals surface area contributed by atoms with Gasteiger partial charge in [0.25, 0.3) is 5.56 Å². The summed E-state index contributed by atoms with van der Waals surface area (Å²) in [6.45, 7) is 3.30. The van der Waals surface area contributed by atoms with Crippen molar-refractivity contribution in [2.75, 3.05) is 38.5 Å². The number of nitrogens with zero attached hydrogens (tertiary/aromatic N) is 2. The molecule has 200 valence electrons. The molecule has 38 heavy (non-hydrogen) atoms. The average Bonchev–Trinajstić information content (AvgIpc) is 2.85. The summed E-state index contributed by atoms with van der Waals surface area (Å²) in [5.41, 5.74) is 4.26. The van der Waals surface area contributed by atoms with Crippen molar-refractivity contribution in [3.05, 3.63) is 87.0 Å². The predicted octanol–water partition coefficient (Wildman–Crippen LogP) is 2.11. The number of ether oxygens (including phenoxy) is 1. The summed E-state index contributed by atoms with van der Waals surface area (Å²) in [5, 5.41) is 12.0. The highest BCUT2D eigenvalue weighted by molar-refractivity contribution is 6.11. The zero-order valence-corrected chi connectivity index (χ0v) is 20.3. The summed E-state index contributed by atoms with van der Waals surface area (Å²) in [6, 6.07) is 6.96. The number of carboxylic acid groups (broad SMARTS) is 1. The first-order chi connectivity index (χ1) is 18.1. The summed E-state index contributed by atoms with van der Waals surface area (Å²) >= 11 is 0. The highest BCUT2D eigenvalue weighted by atomic mass is 19.1. The number of carboxylic acids is 1. The van der Waals surface area contributed by atoms with Gasteiger partial charge in [0.1, 0.15) is 35.7 Å². The van der Waals surface area contributed by atoms with Crippen LogP contribution in [-0.4, -0.2) is 65.2 Å². The molecule has 2 heterocycles. The number of hydrogen-bond acceptors (Lipinski definition) is 7. The summed E-state index contributed by atoms with van der Waals surface area (Å²) in [4.78, 5) is 38.5. The van der Waals surface area contributed by atoms with Crippen LogP contribution in [0.3, 0.4) is 0 Å². The third-order valence-corrected chi connectivity index (χ3v) is 6.19. The molecule has 4 rings (SSSR count). The number of benzene rings is 2. The van der Waals surface area contributed by atoms with E-state index in [4.69, 9.17) is 15.6 Å². The lowest BCUT2D eigenvalue weighted by molar-refractivity contribution is -0.140. The molecular formula is C26H25F3N4O5. The summed E-state index contributed by atoms with van der Waals surface area (Å²) in [7, 11) is 0. The second-order valence-electron chi connectivity index (χ2n) is 8.85. The average molecular weight is 531 g/mol. The van der Waals surface area contributed by atoms with Gasteiger partial charge in [-0.2, -0.15) is 0 Å². The van der Waals surface area contributed by atoms with E-state index in [9.17, 15) is 18.8 Å². The Bertz CT molecular complexity index is 1440. The van der Waals surface area contributed by atoms with Crippen LogP contribution in [0.15, 0.2) is 47.3 Å². The van der Waals surface area contributed by atoms with E-state index >= 15 is 8.78 Å². The number of hydrogen-bond donors (Lipinski definition) is 3. The molecule has 0 spiro atoms. The number of ketones is 1. The molecule has 0 bridgehead atoms. The number of aryl methyl sites for hydroxylation is 1. The van der Waals surface area contributed by atoms with Crippen LogP contribution in [0, 0.1) is 24.4 Å². The molecule has 9 nitrogen and oxygen atoms in total. The molecule has 4 N–H and O–H groups in total. The molecular weight excluding hydrogens is 505 g/mol. The van der Waals surface area contributed by atoms with E-state index in [1.165, 1.54) is 12.1 Å². The van der Waals surface area contributed by atoms with Crippen LogP contribution in [0.1, 0.15) is 21.5 Å². The molecule has 0 aliphatic carbocycles. The minimum Gasteiger partial charge on any atom is -0.492 e. The van der Waals surface area contributed by atoms with Crippen molar-refractivity contribution in [1.29, 1.82) is 0 Å². The van der Waals surface area contributed by atoms with E-state index in [2.05, 4.69) is 5.32 Å². The molecule has 1 atom stereocenters. The van der Waals surface area contributed by atoms with Crippen LogP contribution in [0.2, 0.25) is 0 Å². The maximum Gasteiger partial charge on any atom is 0.322 e. The number of nitrogens with two attached hydrogens (primary N) is 1. The van der Waals surface area contributed by atoms with Crippen molar-refractivity contribution >= 4 is 17.6 Å². The van der Waals surface area contributed by atoms with Gasteiger partial charge in [0.2, 0.25) is 0 Å². The molecule has 1 aromatic heterocycles. The van der Waals surface area contributed by atoms with Gasteiger partial charge in [-0.3, -0.25) is 23.9 Å². The Hall–Kier alpha value is -4.16. The third kappa shape index (κ3) is 5.55. The number of aromatic nitrogens is 1. The second kappa shape index (κ2) is 11.1. The third-order valence-electron chi connectivity index (χ3n) is 6.19. The van der Waals surface area contributed by atoms with Gasteiger partial charge in [0.15, 0.2) is 17.4 Å². The number of anilines is 1. The molecule has 0 radical (unpaired) electrons. The second-order valence-corrected chi connectivity index (χ2v) is 8.85. The van der Waals surface area contributed by atoms with Crippen LogP contribution in [0.5, 0.6) is 5.75 Å². The molecule has 1 saturated heterocycles. The molecule has 1 aliphatic heterocycles. The van der Waals surface area contributed by atoms with E-state index in [0.717, 1.165) is 30.3 Å². The van der Waals surface area contributed by atoms with E-state index in [-0.39, 0.29) is 30.0 Å². The maximum absolute atomic E-state index is 15.1. The molecule has 2 aromatic carbocycles. The molecule has 3 aromatic rings. The summed E-state index contributed by atoms with van der Waals surface area (Å²) < 4.78 is 50.5. The number of nitrogens with one attached hydrogen (secondary N) is 1. The smallest absolute Gasteiger partial charge is 0.322 e. The number of aliphatic carboxylic acids is 1. The van der Waals surface area contributed by atoms with Crippen molar-refractivity contribution in [3.8, 4) is 11.4 Å².